The number of aromatic nitrogens is 5. The van der Waals surface area contributed by atoms with Gasteiger partial charge in [-0.1, -0.05) is 22.8 Å². The van der Waals surface area contributed by atoms with Crippen molar-refractivity contribution in [1.29, 1.82) is 0 Å². The fourth-order valence-corrected chi connectivity index (χ4v) is 4.65. The van der Waals surface area contributed by atoms with Crippen LogP contribution in [-0.4, -0.2) is 50.8 Å². The Labute approximate surface area is 177 Å². The van der Waals surface area contributed by atoms with Gasteiger partial charge in [0.2, 0.25) is 0 Å². The smallest absolute Gasteiger partial charge is 0.280 e. The molecule has 1 saturated heterocycles. The summed E-state index contributed by atoms with van der Waals surface area (Å²) in [6.45, 7) is 1.56. The van der Waals surface area contributed by atoms with Crippen molar-refractivity contribution in [2.45, 2.75) is 37.6 Å². The van der Waals surface area contributed by atoms with Gasteiger partial charge in [0.15, 0.2) is 17.2 Å². The van der Waals surface area contributed by atoms with Gasteiger partial charge in [-0.3, -0.25) is 4.40 Å². The third-order valence-electron chi connectivity index (χ3n) is 6.02. The SMILES string of the molecule is COC[C@@H]1CCCN1c1nc2c(-c3nc(C4CC4)no3)ncn2c2cccc(Cl)c12. The first kappa shape index (κ1) is 18.1. The number of benzene rings is 1. The lowest BCUT2D eigenvalue weighted by molar-refractivity contribution is 0.180. The number of hydrogen-bond donors (Lipinski definition) is 0. The number of fused-ring (bicyclic) bond motifs is 3. The summed E-state index contributed by atoms with van der Waals surface area (Å²) in [6.07, 6.45) is 6.13. The molecular formula is C21H21ClN6O2. The van der Waals surface area contributed by atoms with E-state index in [1.165, 1.54) is 0 Å². The van der Waals surface area contributed by atoms with Crippen molar-refractivity contribution in [3.63, 3.8) is 0 Å². The van der Waals surface area contributed by atoms with E-state index in [4.69, 9.17) is 25.8 Å². The van der Waals surface area contributed by atoms with Gasteiger partial charge in [-0.2, -0.15) is 4.98 Å². The molecule has 154 valence electrons. The molecule has 6 rings (SSSR count). The first-order valence-corrected chi connectivity index (χ1v) is 10.7. The predicted octanol–water partition coefficient (Wildman–Crippen LogP) is 4.08. The van der Waals surface area contributed by atoms with Crippen molar-refractivity contribution in [2.24, 2.45) is 0 Å². The maximum absolute atomic E-state index is 6.66. The van der Waals surface area contributed by atoms with E-state index < -0.39 is 0 Å². The van der Waals surface area contributed by atoms with Gasteiger partial charge in [-0.15, -0.1) is 0 Å². The first-order chi connectivity index (χ1) is 14.7. The molecule has 2 fully saturated rings. The Balaban J connectivity index is 1.57. The van der Waals surface area contributed by atoms with Gasteiger partial charge >= 0.3 is 0 Å². The van der Waals surface area contributed by atoms with Crippen molar-refractivity contribution in [3.05, 3.63) is 35.4 Å². The number of methoxy groups -OCH3 is 1. The number of nitrogens with zero attached hydrogens (tertiary/aromatic N) is 6. The molecule has 9 heteroatoms. The number of halogens is 1. The Morgan fingerprint density at radius 2 is 2.13 bits per heavy atom. The molecule has 0 amide bonds. The second kappa shape index (κ2) is 6.92. The standard InChI is InChI=1S/C21H21ClN6O2/c1-29-10-13-4-3-9-27(13)19-16-14(22)5-2-6-15(16)28-11-23-17(20(28)25-19)21-24-18(26-30-21)12-7-8-12/h2,5-6,11-13H,3-4,7-10H2,1H3/t13-/m0/s1. The summed E-state index contributed by atoms with van der Waals surface area (Å²) in [4.78, 5) is 16.5. The highest BCUT2D eigenvalue weighted by Crippen LogP contribution is 2.40. The number of ether oxygens (including phenoxy) is 1. The number of imidazole rings is 1. The molecule has 4 aromatic rings. The van der Waals surface area contributed by atoms with Crippen LogP contribution in [0, 0.1) is 0 Å². The van der Waals surface area contributed by atoms with E-state index in [1.807, 2.05) is 22.6 Å². The molecule has 1 aromatic carbocycles. The van der Waals surface area contributed by atoms with Gasteiger partial charge in [-0.25, -0.2) is 9.97 Å². The summed E-state index contributed by atoms with van der Waals surface area (Å²) >= 11 is 6.66. The highest BCUT2D eigenvalue weighted by atomic mass is 35.5. The van der Waals surface area contributed by atoms with Crippen LogP contribution in [-0.2, 0) is 4.74 Å². The highest BCUT2D eigenvalue weighted by Gasteiger charge is 2.31. The lowest BCUT2D eigenvalue weighted by atomic mass is 10.2. The molecule has 1 atom stereocenters. The minimum absolute atomic E-state index is 0.265. The van der Waals surface area contributed by atoms with Crippen LogP contribution in [0.15, 0.2) is 29.0 Å². The molecule has 0 N–H and O–H groups in total. The first-order valence-electron chi connectivity index (χ1n) is 10.3. The number of rotatable bonds is 5. The highest BCUT2D eigenvalue weighted by molar-refractivity contribution is 6.36. The molecule has 2 aliphatic rings. The van der Waals surface area contributed by atoms with Gasteiger partial charge in [0.05, 0.1) is 28.6 Å². The summed E-state index contributed by atoms with van der Waals surface area (Å²) < 4.78 is 13.0. The van der Waals surface area contributed by atoms with E-state index in [1.54, 1.807) is 13.4 Å². The van der Waals surface area contributed by atoms with Crippen LogP contribution in [0.5, 0.6) is 0 Å². The van der Waals surface area contributed by atoms with E-state index in [0.29, 0.717) is 34.8 Å². The lowest BCUT2D eigenvalue weighted by Crippen LogP contribution is -2.33. The van der Waals surface area contributed by atoms with Crippen molar-refractivity contribution in [3.8, 4) is 11.6 Å². The zero-order chi connectivity index (χ0) is 20.2. The molecule has 30 heavy (non-hydrogen) atoms. The molecule has 0 spiro atoms. The number of anilines is 1. The van der Waals surface area contributed by atoms with Crippen molar-refractivity contribution in [1.82, 2.24) is 24.5 Å². The van der Waals surface area contributed by atoms with Crippen LogP contribution >= 0.6 is 11.6 Å². The average Bonchev–Trinajstić information content (AvgIpc) is 3.15. The summed E-state index contributed by atoms with van der Waals surface area (Å²) in [5, 5.41) is 5.73. The maximum Gasteiger partial charge on any atom is 0.280 e. The minimum atomic E-state index is 0.265. The fourth-order valence-electron chi connectivity index (χ4n) is 4.39. The van der Waals surface area contributed by atoms with Gasteiger partial charge in [0, 0.05) is 19.6 Å². The van der Waals surface area contributed by atoms with E-state index in [0.717, 1.165) is 54.8 Å². The quantitative estimate of drug-likeness (QED) is 0.477. The van der Waals surface area contributed by atoms with Crippen LogP contribution in [0.4, 0.5) is 5.82 Å². The van der Waals surface area contributed by atoms with E-state index in [2.05, 4.69) is 20.0 Å². The van der Waals surface area contributed by atoms with E-state index in [-0.39, 0.29) is 6.04 Å². The van der Waals surface area contributed by atoms with Crippen molar-refractivity contribution in [2.75, 3.05) is 25.2 Å². The van der Waals surface area contributed by atoms with Gasteiger partial charge < -0.3 is 14.2 Å². The molecule has 0 radical (unpaired) electrons. The zero-order valence-electron chi connectivity index (χ0n) is 16.6. The second-order valence-electron chi connectivity index (χ2n) is 8.03. The summed E-state index contributed by atoms with van der Waals surface area (Å²) in [5.74, 6) is 2.44. The van der Waals surface area contributed by atoms with E-state index >= 15 is 0 Å². The molecular weight excluding hydrogens is 404 g/mol. The van der Waals surface area contributed by atoms with Crippen LogP contribution in [0.1, 0.15) is 37.4 Å². The Bertz CT molecular complexity index is 1250. The van der Waals surface area contributed by atoms with E-state index in [9.17, 15) is 0 Å². The van der Waals surface area contributed by atoms with Gasteiger partial charge in [-0.05, 0) is 37.8 Å². The van der Waals surface area contributed by atoms with Gasteiger partial charge in [0.25, 0.3) is 5.89 Å². The van der Waals surface area contributed by atoms with Crippen molar-refractivity contribution >= 4 is 34.0 Å². The molecule has 0 unspecified atom stereocenters. The third-order valence-corrected chi connectivity index (χ3v) is 6.34. The molecule has 4 heterocycles. The Morgan fingerprint density at radius 3 is 2.97 bits per heavy atom. The molecule has 1 aliphatic carbocycles. The molecule has 0 bridgehead atoms. The minimum Gasteiger partial charge on any atom is -0.383 e. The Morgan fingerprint density at radius 1 is 1.23 bits per heavy atom. The topological polar surface area (TPSA) is 81.6 Å². The predicted molar refractivity (Wildman–Crippen MR) is 113 cm³/mol. The third kappa shape index (κ3) is 2.78. The normalized spacial score (nSPS) is 19.4. The molecule has 1 aliphatic heterocycles. The second-order valence-corrected chi connectivity index (χ2v) is 8.44. The van der Waals surface area contributed by atoms with Crippen LogP contribution in [0.3, 0.4) is 0 Å². The van der Waals surface area contributed by atoms with Crippen LogP contribution in [0.2, 0.25) is 5.02 Å². The summed E-state index contributed by atoms with van der Waals surface area (Å²) in [7, 11) is 1.74. The largest absolute Gasteiger partial charge is 0.383 e. The summed E-state index contributed by atoms with van der Waals surface area (Å²) in [5.41, 5.74) is 2.24. The van der Waals surface area contributed by atoms with Crippen molar-refractivity contribution < 1.29 is 9.26 Å². The van der Waals surface area contributed by atoms with Crippen LogP contribution < -0.4 is 4.90 Å². The fraction of sp³-hybridized carbons (Fsp3) is 0.429. The molecule has 1 saturated carbocycles. The maximum atomic E-state index is 6.66. The molecule has 8 nitrogen and oxygen atoms in total. The van der Waals surface area contributed by atoms with Gasteiger partial charge in [0.1, 0.15) is 12.1 Å². The monoisotopic (exact) mass is 424 g/mol. The Kier molecular flexibility index (Phi) is 4.17. The number of hydrogen-bond acceptors (Lipinski definition) is 7. The zero-order valence-corrected chi connectivity index (χ0v) is 17.3. The average molecular weight is 425 g/mol. The molecule has 3 aromatic heterocycles. The lowest BCUT2D eigenvalue weighted by Gasteiger charge is -2.27. The van der Waals surface area contributed by atoms with Crippen LogP contribution in [0.25, 0.3) is 28.1 Å². The summed E-state index contributed by atoms with van der Waals surface area (Å²) in [6, 6.07) is 6.15. The Hall–Kier alpha value is -2.71.